The molecule has 0 saturated carbocycles. The first-order chi connectivity index (χ1) is 9.01. The lowest BCUT2D eigenvalue weighted by molar-refractivity contribution is 0.0556. The topological polar surface area (TPSA) is 15.7 Å². The van der Waals surface area contributed by atoms with Crippen LogP contribution >= 0.6 is 15.9 Å². The standard InChI is InChI=1S/C15H23BrN2O/c1-11-8-18(9-12(2)17(11)3)10-13-5-6-15(19-4)14(16)7-13/h5-7,11-12H,8-10H2,1-4H3. The van der Waals surface area contributed by atoms with Crippen molar-refractivity contribution in [2.75, 3.05) is 27.2 Å². The molecule has 0 spiro atoms. The number of likely N-dealkylation sites (N-methyl/N-ethyl adjacent to an activating group) is 1. The Morgan fingerprint density at radius 1 is 1.26 bits per heavy atom. The first-order valence-corrected chi connectivity index (χ1v) is 7.57. The van der Waals surface area contributed by atoms with E-state index in [9.17, 15) is 0 Å². The summed E-state index contributed by atoms with van der Waals surface area (Å²) < 4.78 is 6.30. The number of rotatable bonds is 3. The van der Waals surface area contributed by atoms with Crippen molar-refractivity contribution in [3.63, 3.8) is 0 Å². The number of halogens is 1. The van der Waals surface area contributed by atoms with Crippen LogP contribution in [-0.2, 0) is 6.54 Å². The van der Waals surface area contributed by atoms with E-state index in [4.69, 9.17) is 4.74 Å². The predicted molar refractivity (Wildman–Crippen MR) is 82.7 cm³/mol. The van der Waals surface area contributed by atoms with Crippen LogP contribution in [0.1, 0.15) is 19.4 Å². The van der Waals surface area contributed by atoms with E-state index in [0.717, 1.165) is 29.9 Å². The van der Waals surface area contributed by atoms with Gasteiger partial charge in [0.1, 0.15) is 5.75 Å². The molecule has 2 unspecified atom stereocenters. The van der Waals surface area contributed by atoms with Gasteiger partial charge in [-0.1, -0.05) is 6.07 Å². The smallest absolute Gasteiger partial charge is 0.133 e. The van der Waals surface area contributed by atoms with Gasteiger partial charge in [0.25, 0.3) is 0 Å². The maximum atomic E-state index is 5.27. The first kappa shape index (κ1) is 14.8. The molecule has 0 radical (unpaired) electrons. The van der Waals surface area contributed by atoms with Crippen molar-refractivity contribution >= 4 is 15.9 Å². The molecule has 0 amide bonds. The minimum atomic E-state index is 0.616. The molecule has 3 nitrogen and oxygen atoms in total. The zero-order chi connectivity index (χ0) is 14.0. The van der Waals surface area contributed by atoms with Gasteiger partial charge in [-0.15, -0.1) is 0 Å². The molecule has 1 aliphatic rings. The van der Waals surface area contributed by atoms with Gasteiger partial charge >= 0.3 is 0 Å². The number of benzene rings is 1. The van der Waals surface area contributed by atoms with Crippen molar-refractivity contribution in [2.45, 2.75) is 32.5 Å². The number of methoxy groups -OCH3 is 1. The Kier molecular flexibility index (Phi) is 4.87. The second-order valence-electron chi connectivity index (χ2n) is 5.53. The zero-order valence-electron chi connectivity index (χ0n) is 12.2. The van der Waals surface area contributed by atoms with Crippen LogP contribution in [0.5, 0.6) is 5.75 Å². The van der Waals surface area contributed by atoms with E-state index >= 15 is 0 Å². The van der Waals surface area contributed by atoms with Gasteiger partial charge in [0, 0.05) is 31.7 Å². The molecule has 19 heavy (non-hydrogen) atoms. The molecule has 0 bridgehead atoms. The van der Waals surface area contributed by atoms with Crippen LogP contribution in [-0.4, -0.2) is 49.1 Å². The zero-order valence-corrected chi connectivity index (χ0v) is 13.8. The van der Waals surface area contributed by atoms with Crippen molar-refractivity contribution in [3.05, 3.63) is 28.2 Å². The number of hydrogen-bond acceptors (Lipinski definition) is 3. The molecule has 2 atom stereocenters. The van der Waals surface area contributed by atoms with E-state index in [-0.39, 0.29) is 0 Å². The summed E-state index contributed by atoms with van der Waals surface area (Å²) in [5, 5.41) is 0. The minimum Gasteiger partial charge on any atom is -0.496 e. The molecule has 1 aliphatic heterocycles. The van der Waals surface area contributed by atoms with E-state index in [0.29, 0.717) is 12.1 Å². The molecular weight excluding hydrogens is 304 g/mol. The largest absolute Gasteiger partial charge is 0.496 e. The van der Waals surface area contributed by atoms with Crippen molar-refractivity contribution in [1.29, 1.82) is 0 Å². The van der Waals surface area contributed by atoms with E-state index in [2.05, 4.69) is 58.8 Å². The number of piperazine rings is 1. The lowest BCUT2D eigenvalue weighted by Crippen LogP contribution is -2.54. The Hall–Kier alpha value is -0.580. The van der Waals surface area contributed by atoms with Gasteiger partial charge < -0.3 is 4.74 Å². The second-order valence-corrected chi connectivity index (χ2v) is 6.38. The van der Waals surface area contributed by atoms with Gasteiger partial charge in [-0.25, -0.2) is 0 Å². The van der Waals surface area contributed by atoms with Crippen molar-refractivity contribution in [2.24, 2.45) is 0 Å². The Morgan fingerprint density at radius 3 is 2.42 bits per heavy atom. The third-order valence-corrected chi connectivity index (χ3v) is 4.68. The molecular formula is C15H23BrN2O. The van der Waals surface area contributed by atoms with Crippen LogP contribution < -0.4 is 4.74 Å². The number of hydrogen-bond donors (Lipinski definition) is 0. The molecule has 0 aliphatic carbocycles. The predicted octanol–water partition coefficient (Wildman–Crippen LogP) is 2.98. The van der Waals surface area contributed by atoms with Crippen molar-refractivity contribution in [3.8, 4) is 5.75 Å². The lowest BCUT2D eigenvalue weighted by Gasteiger charge is -2.42. The monoisotopic (exact) mass is 326 g/mol. The van der Waals surface area contributed by atoms with E-state index in [1.165, 1.54) is 5.56 Å². The molecule has 1 heterocycles. The highest BCUT2D eigenvalue weighted by atomic mass is 79.9. The van der Waals surface area contributed by atoms with Crippen LogP contribution in [0.25, 0.3) is 0 Å². The summed E-state index contributed by atoms with van der Waals surface area (Å²) in [4.78, 5) is 4.99. The highest BCUT2D eigenvalue weighted by Crippen LogP contribution is 2.26. The van der Waals surface area contributed by atoms with E-state index in [1.807, 2.05) is 6.07 Å². The molecule has 4 heteroatoms. The highest BCUT2D eigenvalue weighted by molar-refractivity contribution is 9.10. The maximum Gasteiger partial charge on any atom is 0.133 e. The molecule has 1 aromatic carbocycles. The quantitative estimate of drug-likeness (QED) is 0.849. The van der Waals surface area contributed by atoms with Crippen molar-refractivity contribution < 1.29 is 4.74 Å². The molecule has 2 rings (SSSR count). The Labute approximate surface area is 124 Å². The normalized spacial score (nSPS) is 25.5. The van der Waals surface area contributed by atoms with Crippen LogP contribution in [0.2, 0.25) is 0 Å². The molecule has 1 fully saturated rings. The van der Waals surface area contributed by atoms with Crippen LogP contribution in [0.3, 0.4) is 0 Å². The Morgan fingerprint density at radius 2 is 1.89 bits per heavy atom. The summed E-state index contributed by atoms with van der Waals surface area (Å²) in [5.41, 5.74) is 1.33. The van der Waals surface area contributed by atoms with Gasteiger partial charge in [-0.05, 0) is 54.5 Å². The van der Waals surface area contributed by atoms with Crippen molar-refractivity contribution in [1.82, 2.24) is 9.80 Å². The molecule has 1 aromatic rings. The summed E-state index contributed by atoms with van der Waals surface area (Å²) in [5.74, 6) is 0.892. The van der Waals surface area contributed by atoms with E-state index < -0.39 is 0 Å². The fourth-order valence-corrected chi connectivity index (χ4v) is 3.30. The summed E-state index contributed by atoms with van der Waals surface area (Å²) in [6.07, 6.45) is 0. The van der Waals surface area contributed by atoms with Crippen LogP contribution in [0.15, 0.2) is 22.7 Å². The Bertz CT molecular complexity index is 426. The maximum absolute atomic E-state index is 5.27. The van der Waals surface area contributed by atoms with Crippen LogP contribution in [0, 0.1) is 0 Å². The van der Waals surface area contributed by atoms with Gasteiger partial charge in [0.15, 0.2) is 0 Å². The number of nitrogens with zero attached hydrogens (tertiary/aromatic N) is 2. The van der Waals surface area contributed by atoms with E-state index in [1.54, 1.807) is 7.11 Å². The van der Waals surface area contributed by atoms with Gasteiger partial charge in [-0.3, -0.25) is 9.80 Å². The lowest BCUT2D eigenvalue weighted by atomic mass is 10.1. The third-order valence-electron chi connectivity index (χ3n) is 4.06. The fraction of sp³-hybridized carbons (Fsp3) is 0.600. The SMILES string of the molecule is COc1ccc(CN2CC(C)N(C)C(C)C2)cc1Br. The summed E-state index contributed by atoms with van der Waals surface area (Å²) >= 11 is 3.55. The average Bonchev–Trinajstić information content (AvgIpc) is 2.36. The second kappa shape index (κ2) is 6.25. The first-order valence-electron chi connectivity index (χ1n) is 6.78. The van der Waals surface area contributed by atoms with Crippen LogP contribution in [0.4, 0.5) is 0 Å². The van der Waals surface area contributed by atoms with Gasteiger partial charge in [0.05, 0.1) is 11.6 Å². The fourth-order valence-electron chi connectivity index (χ4n) is 2.71. The third kappa shape index (κ3) is 3.50. The summed E-state index contributed by atoms with van der Waals surface area (Å²) in [7, 11) is 3.92. The minimum absolute atomic E-state index is 0.616. The molecule has 0 N–H and O–H groups in total. The Balaban J connectivity index is 2.03. The average molecular weight is 327 g/mol. The van der Waals surface area contributed by atoms with Gasteiger partial charge in [0.2, 0.25) is 0 Å². The molecule has 106 valence electrons. The molecule has 0 aromatic heterocycles. The summed E-state index contributed by atoms with van der Waals surface area (Å²) in [6, 6.07) is 7.57. The number of ether oxygens (including phenoxy) is 1. The highest BCUT2D eigenvalue weighted by Gasteiger charge is 2.26. The molecule has 1 saturated heterocycles. The summed E-state index contributed by atoms with van der Waals surface area (Å²) in [6.45, 7) is 7.86. The van der Waals surface area contributed by atoms with Gasteiger partial charge in [-0.2, -0.15) is 0 Å².